The predicted octanol–water partition coefficient (Wildman–Crippen LogP) is 4.99. The molecule has 0 radical (unpaired) electrons. The molecule has 0 saturated heterocycles. The minimum Gasteiger partial charge on any atom is -0.354 e. The van der Waals surface area contributed by atoms with Crippen LogP contribution in [0.25, 0.3) is 0 Å². The number of unbranched alkanes of at least 4 members (excludes halogenated alkanes) is 2. The number of hydrogen-bond donors (Lipinski definition) is 0. The third kappa shape index (κ3) is 4.43. The van der Waals surface area contributed by atoms with Crippen LogP contribution in [0, 0.1) is 0 Å². The third-order valence-electron chi connectivity index (χ3n) is 2.95. The summed E-state index contributed by atoms with van der Waals surface area (Å²) in [5.74, 6) is 1.53. The Morgan fingerprint density at radius 2 is 2.11 bits per heavy atom. The Hall–Kier alpha value is -0.280. The molecule has 0 spiro atoms. The molecule has 18 heavy (non-hydrogen) atoms. The Balaban J connectivity index is 2.90. The second-order valence-corrected chi connectivity index (χ2v) is 5.95. The lowest BCUT2D eigenvalue weighted by atomic mass is 10.2. The number of rotatable bonds is 7. The zero-order valence-electron chi connectivity index (χ0n) is 11.4. The number of nitrogens with zero attached hydrogens (tertiary/aromatic N) is 2. The van der Waals surface area contributed by atoms with Gasteiger partial charge in [0.25, 0.3) is 0 Å². The van der Waals surface area contributed by atoms with Crippen LogP contribution < -0.4 is 4.90 Å². The maximum Gasteiger partial charge on any atom is 0.133 e. The van der Waals surface area contributed by atoms with Crippen molar-refractivity contribution in [3.8, 4) is 0 Å². The molecule has 0 amide bonds. The SMILES string of the molecule is CCCCCN(c1ncc(Br)cc1CCl)C(C)C. The normalized spacial score (nSPS) is 11.0. The van der Waals surface area contributed by atoms with Gasteiger partial charge in [-0.2, -0.15) is 0 Å². The Morgan fingerprint density at radius 3 is 2.67 bits per heavy atom. The van der Waals surface area contributed by atoms with E-state index in [0.717, 1.165) is 22.4 Å². The summed E-state index contributed by atoms with van der Waals surface area (Å²) in [6, 6.07) is 2.50. The molecule has 0 fully saturated rings. The first-order valence-corrected chi connectivity index (χ1v) is 7.89. The highest BCUT2D eigenvalue weighted by molar-refractivity contribution is 9.10. The van der Waals surface area contributed by atoms with Crippen LogP contribution >= 0.6 is 27.5 Å². The molecule has 1 rings (SSSR count). The monoisotopic (exact) mass is 332 g/mol. The summed E-state index contributed by atoms with van der Waals surface area (Å²) in [7, 11) is 0. The third-order valence-corrected chi connectivity index (χ3v) is 3.67. The molecule has 0 unspecified atom stereocenters. The lowest BCUT2D eigenvalue weighted by molar-refractivity contribution is 0.618. The molecule has 102 valence electrons. The molecule has 0 aliphatic rings. The van der Waals surface area contributed by atoms with Crippen LogP contribution in [-0.2, 0) is 5.88 Å². The van der Waals surface area contributed by atoms with E-state index >= 15 is 0 Å². The maximum atomic E-state index is 6.03. The van der Waals surface area contributed by atoms with E-state index in [4.69, 9.17) is 11.6 Å². The second-order valence-electron chi connectivity index (χ2n) is 4.76. The summed E-state index contributed by atoms with van der Waals surface area (Å²) in [4.78, 5) is 6.89. The average molecular weight is 334 g/mol. The van der Waals surface area contributed by atoms with E-state index in [-0.39, 0.29) is 0 Å². The van der Waals surface area contributed by atoms with E-state index in [0.29, 0.717) is 11.9 Å². The van der Waals surface area contributed by atoms with Gasteiger partial charge in [0.15, 0.2) is 0 Å². The van der Waals surface area contributed by atoms with Gasteiger partial charge in [0.1, 0.15) is 5.82 Å². The smallest absolute Gasteiger partial charge is 0.133 e. The van der Waals surface area contributed by atoms with Crippen molar-refractivity contribution in [1.29, 1.82) is 0 Å². The van der Waals surface area contributed by atoms with Crippen molar-refractivity contribution in [2.24, 2.45) is 0 Å². The molecular formula is C14H22BrClN2. The molecule has 0 saturated carbocycles. The fourth-order valence-electron chi connectivity index (χ4n) is 1.97. The summed E-state index contributed by atoms with van der Waals surface area (Å²) >= 11 is 9.47. The molecule has 0 N–H and O–H groups in total. The number of hydrogen-bond acceptors (Lipinski definition) is 2. The minimum atomic E-state index is 0.442. The molecule has 2 nitrogen and oxygen atoms in total. The Bertz CT molecular complexity index is 369. The van der Waals surface area contributed by atoms with E-state index in [1.54, 1.807) is 0 Å². The van der Waals surface area contributed by atoms with Gasteiger partial charge < -0.3 is 4.90 Å². The van der Waals surface area contributed by atoms with Crippen LogP contribution in [0.15, 0.2) is 16.7 Å². The van der Waals surface area contributed by atoms with Crippen LogP contribution in [0.1, 0.15) is 45.6 Å². The van der Waals surface area contributed by atoms with Crippen LogP contribution in [-0.4, -0.2) is 17.6 Å². The van der Waals surface area contributed by atoms with E-state index in [2.05, 4.69) is 52.7 Å². The van der Waals surface area contributed by atoms with Crippen molar-refractivity contribution in [2.75, 3.05) is 11.4 Å². The second kappa shape index (κ2) is 8.00. The fourth-order valence-corrected chi connectivity index (χ4v) is 2.55. The Morgan fingerprint density at radius 1 is 1.39 bits per heavy atom. The lowest BCUT2D eigenvalue weighted by Crippen LogP contribution is -2.33. The standard InChI is InChI=1S/C14H22BrClN2/c1-4-5-6-7-18(11(2)3)14-12(9-16)8-13(15)10-17-14/h8,10-11H,4-7,9H2,1-3H3. The molecule has 4 heteroatoms. The largest absolute Gasteiger partial charge is 0.354 e. The first-order valence-electron chi connectivity index (χ1n) is 6.57. The fraction of sp³-hybridized carbons (Fsp3) is 0.643. The van der Waals surface area contributed by atoms with Gasteiger partial charge in [-0.25, -0.2) is 4.98 Å². The van der Waals surface area contributed by atoms with E-state index in [1.165, 1.54) is 19.3 Å². The molecule has 0 atom stereocenters. The van der Waals surface area contributed by atoms with Crippen molar-refractivity contribution in [3.05, 3.63) is 22.3 Å². The number of halogens is 2. The summed E-state index contributed by atoms with van der Waals surface area (Å²) in [5.41, 5.74) is 1.09. The van der Waals surface area contributed by atoms with Gasteiger partial charge in [-0.1, -0.05) is 19.8 Å². The predicted molar refractivity (Wildman–Crippen MR) is 83.5 cm³/mol. The quantitative estimate of drug-likeness (QED) is 0.516. The van der Waals surface area contributed by atoms with Gasteiger partial charge in [0, 0.05) is 28.8 Å². The van der Waals surface area contributed by atoms with Crippen LogP contribution in [0.3, 0.4) is 0 Å². The number of pyridine rings is 1. The number of aromatic nitrogens is 1. The summed E-state index contributed by atoms with van der Waals surface area (Å²) < 4.78 is 0.985. The Labute approximate surface area is 124 Å². The summed E-state index contributed by atoms with van der Waals surface area (Å²) in [6.45, 7) is 7.67. The zero-order chi connectivity index (χ0) is 13.5. The van der Waals surface area contributed by atoms with Gasteiger partial charge in [-0.3, -0.25) is 0 Å². The minimum absolute atomic E-state index is 0.442. The van der Waals surface area contributed by atoms with Gasteiger partial charge in [-0.05, 0) is 42.3 Å². The number of anilines is 1. The molecule has 1 heterocycles. The molecule has 0 aromatic carbocycles. The highest BCUT2D eigenvalue weighted by atomic mass is 79.9. The number of alkyl halides is 1. The first-order chi connectivity index (χ1) is 8.60. The maximum absolute atomic E-state index is 6.03. The average Bonchev–Trinajstić information content (AvgIpc) is 2.35. The van der Waals surface area contributed by atoms with E-state index in [1.807, 2.05) is 6.20 Å². The highest BCUT2D eigenvalue weighted by Crippen LogP contribution is 2.25. The van der Waals surface area contributed by atoms with Crippen molar-refractivity contribution in [1.82, 2.24) is 4.98 Å². The summed E-state index contributed by atoms with van der Waals surface area (Å²) in [5, 5.41) is 0. The zero-order valence-corrected chi connectivity index (χ0v) is 13.8. The van der Waals surface area contributed by atoms with Gasteiger partial charge in [0.2, 0.25) is 0 Å². The molecule has 0 bridgehead atoms. The van der Waals surface area contributed by atoms with E-state index in [9.17, 15) is 0 Å². The van der Waals surface area contributed by atoms with E-state index < -0.39 is 0 Å². The van der Waals surface area contributed by atoms with Gasteiger partial charge in [0.05, 0.1) is 5.88 Å². The highest BCUT2D eigenvalue weighted by Gasteiger charge is 2.15. The Kier molecular flexibility index (Phi) is 7.02. The molecule has 0 aliphatic carbocycles. The molecule has 0 aliphatic heterocycles. The first kappa shape index (κ1) is 15.8. The molecule has 1 aromatic rings. The van der Waals surface area contributed by atoms with Crippen LogP contribution in [0.5, 0.6) is 0 Å². The van der Waals surface area contributed by atoms with Gasteiger partial charge >= 0.3 is 0 Å². The topological polar surface area (TPSA) is 16.1 Å². The van der Waals surface area contributed by atoms with Crippen molar-refractivity contribution in [3.63, 3.8) is 0 Å². The van der Waals surface area contributed by atoms with Crippen molar-refractivity contribution >= 4 is 33.3 Å². The van der Waals surface area contributed by atoms with Crippen LogP contribution in [0.4, 0.5) is 5.82 Å². The van der Waals surface area contributed by atoms with Gasteiger partial charge in [-0.15, -0.1) is 11.6 Å². The summed E-state index contributed by atoms with van der Waals surface area (Å²) in [6.07, 6.45) is 5.55. The lowest BCUT2D eigenvalue weighted by Gasteiger charge is -2.29. The van der Waals surface area contributed by atoms with Crippen molar-refractivity contribution in [2.45, 2.75) is 52.0 Å². The van der Waals surface area contributed by atoms with Crippen LogP contribution in [0.2, 0.25) is 0 Å². The van der Waals surface area contributed by atoms with Crippen molar-refractivity contribution < 1.29 is 0 Å². The molecular weight excluding hydrogens is 312 g/mol. The molecule has 1 aromatic heterocycles.